The molecule has 2 aliphatic rings. The van der Waals surface area contributed by atoms with Crippen LogP contribution in [0.3, 0.4) is 0 Å². The van der Waals surface area contributed by atoms with Gasteiger partial charge in [-0.3, -0.25) is 9.69 Å². The average Bonchev–Trinajstić information content (AvgIpc) is 3.04. The van der Waals surface area contributed by atoms with Crippen molar-refractivity contribution in [2.45, 2.75) is 32.2 Å². The molecule has 23 heavy (non-hydrogen) atoms. The second kappa shape index (κ2) is 7.05. The molecule has 2 fully saturated rings. The first kappa shape index (κ1) is 16.5. The van der Waals surface area contributed by atoms with Gasteiger partial charge in [-0.2, -0.15) is 0 Å². The van der Waals surface area contributed by atoms with Crippen LogP contribution >= 0.6 is 0 Å². The van der Waals surface area contributed by atoms with E-state index in [9.17, 15) is 4.79 Å². The molecule has 0 N–H and O–H groups in total. The van der Waals surface area contributed by atoms with E-state index in [0.717, 1.165) is 52.1 Å². The Bertz CT molecular complexity index is 504. The summed E-state index contributed by atoms with van der Waals surface area (Å²) in [6.07, 6.45) is 7.80. The van der Waals surface area contributed by atoms with Crippen molar-refractivity contribution in [1.29, 1.82) is 0 Å². The minimum absolute atomic E-state index is 0.346. The first-order chi connectivity index (χ1) is 11.1. The number of furan rings is 1. The van der Waals surface area contributed by atoms with Crippen molar-refractivity contribution in [1.82, 2.24) is 14.7 Å². The minimum Gasteiger partial charge on any atom is -0.472 e. The van der Waals surface area contributed by atoms with Crippen LogP contribution in [-0.4, -0.2) is 67.4 Å². The van der Waals surface area contributed by atoms with Crippen molar-refractivity contribution in [2.75, 3.05) is 46.8 Å². The lowest BCUT2D eigenvalue weighted by atomic mass is 9.72. The van der Waals surface area contributed by atoms with E-state index in [1.54, 1.807) is 6.26 Å². The molecule has 1 spiro atoms. The van der Waals surface area contributed by atoms with E-state index >= 15 is 0 Å². The van der Waals surface area contributed by atoms with E-state index in [-0.39, 0.29) is 0 Å². The summed E-state index contributed by atoms with van der Waals surface area (Å²) in [5.41, 5.74) is 1.61. The van der Waals surface area contributed by atoms with Gasteiger partial charge in [0.15, 0.2) is 0 Å². The highest BCUT2D eigenvalue weighted by atomic mass is 16.3. The molecule has 5 heteroatoms. The Hall–Kier alpha value is -1.33. The summed E-state index contributed by atoms with van der Waals surface area (Å²) in [6, 6.07) is 2.05. The van der Waals surface area contributed by atoms with Gasteiger partial charge in [-0.15, -0.1) is 0 Å². The zero-order chi connectivity index (χ0) is 16.3. The Balaban J connectivity index is 1.53. The van der Waals surface area contributed by atoms with Crippen molar-refractivity contribution in [2.24, 2.45) is 5.41 Å². The SMILES string of the molecule is CN(C)CCN1CC2(CCC1=O)CCN(Cc1ccoc1)CC2. The number of hydrogen-bond acceptors (Lipinski definition) is 4. The minimum atomic E-state index is 0.346. The van der Waals surface area contributed by atoms with Crippen LogP contribution in [0, 0.1) is 5.41 Å². The molecular weight excluding hydrogens is 290 g/mol. The third-order valence-corrected chi connectivity index (χ3v) is 5.47. The van der Waals surface area contributed by atoms with Crippen LogP contribution in [0.5, 0.6) is 0 Å². The Morgan fingerprint density at radius 1 is 1.26 bits per heavy atom. The maximum Gasteiger partial charge on any atom is 0.222 e. The van der Waals surface area contributed by atoms with Crippen LogP contribution in [0.4, 0.5) is 0 Å². The molecule has 5 nitrogen and oxygen atoms in total. The lowest BCUT2D eigenvalue weighted by Gasteiger charge is -2.47. The molecule has 2 aliphatic heterocycles. The van der Waals surface area contributed by atoms with Gasteiger partial charge in [0.1, 0.15) is 0 Å². The molecule has 2 saturated heterocycles. The van der Waals surface area contributed by atoms with Gasteiger partial charge in [-0.1, -0.05) is 0 Å². The Morgan fingerprint density at radius 2 is 2.04 bits per heavy atom. The lowest BCUT2D eigenvalue weighted by molar-refractivity contribution is -0.139. The summed E-state index contributed by atoms with van der Waals surface area (Å²) in [6.45, 7) is 6.01. The van der Waals surface area contributed by atoms with Crippen LogP contribution < -0.4 is 0 Å². The quantitative estimate of drug-likeness (QED) is 0.833. The number of nitrogens with zero attached hydrogens (tertiary/aromatic N) is 3. The summed E-state index contributed by atoms with van der Waals surface area (Å²) in [5.74, 6) is 0.346. The summed E-state index contributed by atoms with van der Waals surface area (Å²) >= 11 is 0. The lowest BCUT2D eigenvalue weighted by Crippen LogP contribution is -2.52. The van der Waals surface area contributed by atoms with E-state index in [1.165, 1.54) is 18.4 Å². The van der Waals surface area contributed by atoms with Crippen LogP contribution in [-0.2, 0) is 11.3 Å². The number of carbonyl (C=O) groups excluding carboxylic acids is 1. The average molecular weight is 319 g/mol. The highest BCUT2D eigenvalue weighted by Gasteiger charge is 2.40. The van der Waals surface area contributed by atoms with Crippen molar-refractivity contribution in [3.8, 4) is 0 Å². The van der Waals surface area contributed by atoms with Gasteiger partial charge in [0.25, 0.3) is 0 Å². The highest BCUT2D eigenvalue weighted by Crippen LogP contribution is 2.40. The zero-order valence-electron chi connectivity index (χ0n) is 14.5. The maximum atomic E-state index is 12.2. The van der Waals surface area contributed by atoms with Gasteiger partial charge in [-0.25, -0.2) is 0 Å². The van der Waals surface area contributed by atoms with Crippen molar-refractivity contribution < 1.29 is 9.21 Å². The normalized spacial score (nSPS) is 22.2. The van der Waals surface area contributed by atoms with Crippen LogP contribution in [0.1, 0.15) is 31.2 Å². The fourth-order valence-electron chi connectivity index (χ4n) is 3.86. The smallest absolute Gasteiger partial charge is 0.222 e. The molecule has 0 aliphatic carbocycles. The standard InChI is InChI=1S/C18H29N3O2/c1-19(2)10-11-21-15-18(5-3-17(21)22)6-8-20(9-7-18)13-16-4-12-23-14-16/h4,12,14H,3,5-11,13,15H2,1-2H3. The molecule has 0 atom stereocenters. The number of rotatable bonds is 5. The van der Waals surface area contributed by atoms with E-state index in [1.807, 2.05) is 12.3 Å². The Morgan fingerprint density at radius 3 is 2.70 bits per heavy atom. The van der Waals surface area contributed by atoms with Crippen molar-refractivity contribution in [3.05, 3.63) is 24.2 Å². The Kier molecular flexibility index (Phi) is 5.07. The molecule has 1 amide bonds. The summed E-state index contributed by atoms with van der Waals surface area (Å²) in [4.78, 5) is 19.0. The molecule has 0 unspecified atom stereocenters. The van der Waals surface area contributed by atoms with Crippen molar-refractivity contribution >= 4 is 5.91 Å². The van der Waals surface area contributed by atoms with E-state index < -0.39 is 0 Å². The molecule has 3 rings (SSSR count). The Labute approximate surface area is 139 Å². The molecule has 0 saturated carbocycles. The molecule has 1 aromatic rings. The second-order valence-corrected chi connectivity index (χ2v) is 7.53. The first-order valence-corrected chi connectivity index (χ1v) is 8.72. The van der Waals surface area contributed by atoms with Gasteiger partial charge < -0.3 is 14.2 Å². The molecule has 3 heterocycles. The molecule has 0 bridgehead atoms. The topological polar surface area (TPSA) is 39.9 Å². The fraction of sp³-hybridized carbons (Fsp3) is 0.722. The summed E-state index contributed by atoms with van der Waals surface area (Å²) in [5, 5.41) is 0. The number of carbonyl (C=O) groups is 1. The third-order valence-electron chi connectivity index (χ3n) is 5.47. The molecule has 0 aromatic carbocycles. The molecule has 128 valence electrons. The number of likely N-dealkylation sites (tertiary alicyclic amines) is 2. The van der Waals surface area contributed by atoms with Crippen LogP contribution in [0.25, 0.3) is 0 Å². The molecule has 0 radical (unpaired) electrons. The molecular formula is C18H29N3O2. The number of piperidine rings is 2. The summed E-state index contributed by atoms with van der Waals surface area (Å²) < 4.78 is 5.16. The predicted molar refractivity (Wildman–Crippen MR) is 90.0 cm³/mol. The van der Waals surface area contributed by atoms with Gasteiger partial charge in [0.2, 0.25) is 5.91 Å². The third kappa shape index (κ3) is 4.15. The highest BCUT2D eigenvalue weighted by molar-refractivity contribution is 5.77. The van der Waals surface area contributed by atoms with Gasteiger partial charge in [-0.05, 0) is 57.9 Å². The monoisotopic (exact) mass is 319 g/mol. The van der Waals surface area contributed by atoms with E-state index in [0.29, 0.717) is 11.3 Å². The van der Waals surface area contributed by atoms with Crippen LogP contribution in [0.2, 0.25) is 0 Å². The van der Waals surface area contributed by atoms with Gasteiger partial charge in [0, 0.05) is 38.2 Å². The van der Waals surface area contributed by atoms with Crippen molar-refractivity contribution in [3.63, 3.8) is 0 Å². The number of likely N-dealkylation sites (N-methyl/N-ethyl adjacent to an activating group) is 1. The number of amides is 1. The van der Waals surface area contributed by atoms with E-state index in [2.05, 4.69) is 28.8 Å². The van der Waals surface area contributed by atoms with E-state index in [4.69, 9.17) is 4.42 Å². The predicted octanol–water partition coefficient (Wildman–Crippen LogP) is 2.05. The second-order valence-electron chi connectivity index (χ2n) is 7.53. The summed E-state index contributed by atoms with van der Waals surface area (Å²) in [7, 11) is 4.14. The maximum absolute atomic E-state index is 12.2. The largest absolute Gasteiger partial charge is 0.472 e. The fourth-order valence-corrected chi connectivity index (χ4v) is 3.86. The van der Waals surface area contributed by atoms with Crippen LogP contribution in [0.15, 0.2) is 23.0 Å². The molecule has 1 aromatic heterocycles. The van der Waals surface area contributed by atoms with Gasteiger partial charge in [0.05, 0.1) is 12.5 Å². The number of hydrogen-bond donors (Lipinski definition) is 0. The van der Waals surface area contributed by atoms with Gasteiger partial charge >= 0.3 is 0 Å². The first-order valence-electron chi connectivity index (χ1n) is 8.72. The zero-order valence-corrected chi connectivity index (χ0v) is 14.5.